The van der Waals surface area contributed by atoms with Crippen molar-refractivity contribution in [1.82, 2.24) is 0 Å². The Bertz CT molecular complexity index is 1690. The molecule has 2 aliphatic heterocycles. The van der Waals surface area contributed by atoms with Crippen LogP contribution in [0.2, 0.25) is 0 Å². The van der Waals surface area contributed by atoms with Crippen molar-refractivity contribution >= 4 is 24.8 Å². The molecule has 6 heteroatoms. The Hall–Kier alpha value is -3.40. The van der Waals surface area contributed by atoms with Crippen LogP contribution in [-0.2, 0) is 14.5 Å². The van der Waals surface area contributed by atoms with Crippen LogP contribution in [0.5, 0.6) is 11.5 Å². The van der Waals surface area contributed by atoms with E-state index >= 15 is 0 Å². The summed E-state index contributed by atoms with van der Waals surface area (Å²) in [5.74, 6) is 2.60. The summed E-state index contributed by atoms with van der Waals surface area (Å²) < 4.78 is 32.8. The molecule has 0 bridgehead atoms. The van der Waals surface area contributed by atoms with Crippen LogP contribution in [-0.4, -0.2) is 42.9 Å². The van der Waals surface area contributed by atoms with Crippen molar-refractivity contribution in [2.24, 2.45) is 0 Å². The molecule has 0 aromatic heterocycles. The van der Waals surface area contributed by atoms with E-state index in [0.29, 0.717) is 13.0 Å². The SMILES string of the molecule is CC[N+]1=C(/C=C/C2=C3Oc4cc(OCC5=CCC(OP(C)(C)=O)C=C5)ccc4C=C3CCC2)C(C)(C)c2cc(C)ccc21. The van der Waals surface area contributed by atoms with Crippen molar-refractivity contribution in [3.63, 3.8) is 0 Å². The van der Waals surface area contributed by atoms with E-state index in [1.54, 1.807) is 13.3 Å². The molecule has 0 N–H and O–H groups in total. The van der Waals surface area contributed by atoms with Crippen molar-refractivity contribution in [3.8, 4) is 11.5 Å². The largest absolute Gasteiger partial charge is 0.489 e. The molecular formula is C37H43NO4P+. The maximum Gasteiger partial charge on any atom is 0.209 e. The normalized spacial score (nSPS) is 20.8. The smallest absolute Gasteiger partial charge is 0.209 e. The van der Waals surface area contributed by atoms with Gasteiger partial charge in [-0.2, -0.15) is 4.58 Å². The summed E-state index contributed by atoms with van der Waals surface area (Å²) in [6.45, 7) is 13.8. The van der Waals surface area contributed by atoms with Gasteiger partial charge in [0.15, 0.2) is 13.1 Å². The second kappa shape index (κ2) is 11.6. The molecule has 2 heterocycles. The topological polar surface area (TPSA) is 47.8 Å². The quantitative estimate of drug-likeness (QED) is 0.225. The van der Waals surface area contributed by atoms with Gasteiger partial charge in [-0.3, -0.25) is 4.57 Å². The molecule has 2 aromatic rings. The lowest BCUT2D eigenvalue weighted by Crippen LogP contribution is -2.27. The lowest BCUT2D eigenvalue weighted by molar-refractivity contribution is -0.433. The molecule has 0 amide bonds. The number of rotatable bonds is 8. The fourth-order valence-electron chi connectivity index (χ4n) is 6.57. The highest BCUT2D eigenvalue weighted by Crippen LogP contribution is 2.43. The number of allylic oxidation sites excluding steroid dienone is 4. The van der Waals surface area contributed by atoms with Gasteiger partial charge in [0.2, 0.25) is 5.69 Å². The van der Waals surface area contributed by atoms with Gasteiger partial charge >= 0.3 is 0 Å². The minimum absolute atomic E-state index is 0.0659. The van der Waals surface area contributed by atoms with Crippen LogP contribution < -0.4 is 9.47 Å². The van der Waals surface area contributed by atoms with Crippen LogP contribution in [0.3, 0.4) is 0 Å². The lowest BCUT2D eigenvalue weighted by atomic mass is 9.80. The monoisotopic (exact) mass is 596 g/mol. The Morgan fingerprint density at radius 2 is 1.95 bits per heavy atom. The third kappa shape index (κ3) is 6.16. The molecule has 0 saturated heterocycles. The molecule has 6 rings (SSSR count). The van der Waals surface area contributed by atoms with Crippen molar-refractivity contribution in [2.75, 3.05) is 26.5 Å². The molecule has 1 unspecified atom stereocenters. The molecule has 43 heavy (non-hydrogen) atoms. The third-order valence-electron chi connectivity index (χ3n) is 8.74. The van der Waals surface area contributed by atoms with Crippen LogP contribution in [0.15, 0.2) is 89.3 Å². The molecular weight excluding hydrogens is 553 g/mol. The van der Waals surface area contributed by atoms with Gasteiger partial charge in [-0.25, -0.2) is 0 Å². The number of ether oxygens (including phenoxy) is 2. The summed E-state index contributed by atoms with van der Waals surface area (Å²) in [5.41, 5.74) is 9.96. The van der Waals surface area contributed by atoms with E-state index in [9.17, 15) is 4.57 Å². The van der Waals surface area contributed by atoms with E-state index < -0.39 is 7.37 Å². The van der Waals surface area contributed by atoms with E-state index in [0.717, 1.165) is 54.2 Å². The highest BCUT2D eigenvalue weighted by Gasteiger charge is 2.43. The zero-order valence-electron chi connectivity index (χ0n) is 26.3. The first kappa shape index (κ1) is 29.7. The molecule has 5 nitrogen and oxygen atoms in total. The van der Waals surface area contributed by atoms with Gasteiger partial charge in [0.1, 0.15) is 30.4 Å². The molecule has 0 saturated carbocycles. The van der Waals surface area contributed by atoms with Gasteiger partial charge in [0, 0.05) is 42.7 Å². The molecule has 0 spiro atoms. The Morgan fingerprint density at radius 3 is 2.70 bits per heavy atom. The number of aryl methyl sites for hydroxylation is 1. The molecule has 2 aromatic carbocycles. The Morgan fingerprint density at radius 1 is 1.12 bits per heavy atom. The van der Waals surface area contributed by atoms with Crippen molar-refractivity contribution in [1.29, 1.82) is 0 Å². The van der Waals surface area contributed by atoms with E-state index in [2.05, 4.69) is 80.8 Å². The minimum atomic E-state index is -2.52. The highest BCUT2D eigenvalue weighted by molar-refractivity contribution is 7.57. The van der Waals surface area contributed by atoms with E-state index in [4.69, 9.17) is 14.0 Å². The van der Waals surface area contributed by atoms with Gasteiger partial charge in [0.05, 0.1) is 11.5 Å². The predicted octanol–water partition coefficient (Wildman–Crippen LogP) is 9.05. The second-order valence-electron chi connectivity index (χ2n) is 12.8. The average Bonchev–Trinajstić information content (AvgIpc) is 3.18. The minimum Gasteiger partial charge on any atom is -0.489 e. The standard InChI is InChI=1S/C37H43NO4P/c1-7-38-33-19-11-25(2)21-32(33)37(3,4)35(38)20-15-27-9-8-10-29-22-28-14-18-31(23-34(28)41-36(27)29)40-24-26-12-16-30(17-13-26)42-43(5,6)39/h11-16,18-23,30H,7-10,17,24H2,1-6H3/q+1/b20-15+. The summed E-state index contributed by atoms with van der Waals surface area (Å²) in [6, 6.07) is 12.9. The summed E-state index contributed by atoms with van der Waals surface area (Å²) in [4.78, 5) is 0. The lowest BCUT2D eigenvalue weighted by Gasteiger charge is -2.27. The van der Waals surface area contributed by atoms with Crippen molar-refractivity contribution in [3.05, 3.63) is 106 Å². The third-order valence-corrected chi connectivity index (χ3v) is 9.52. The molecule has 224 valence electrons. The first-order chi connectivity index (χ1) is 20.5. The summed E-state index contributed by atoms with van der Waals surface area (Å²) in [6.07, 6.45) is 16.7. The van der Waals surface area contributed by atoms with E-state index in [1.165, 1.54) is 33.7 Å². The summed E-state index contributed by atoms with van der Waals surface area (Å²) >= 11 is 0. The fraction of sp³-hybridized carbons (Fsp3) is 0.378. The van der Waals surface area contributed by atoms with Crippen LogP contribution in [0.1, 0.15) is 63.1 Å². The van der Waals surface area contributed by atoms with Crippen LogP contribution in [0, 0.1) is 6.92 Å². The number of nitrogens with zero attached hydrogens (tertiary/aromatic N) is 1. The van der Waals surface area contributed by atoms with Gasteiger partial charge in [0.25, 0.3) is 0 Å². The van der Waals surface area contributed by atoms with Crippen LogP contribution in [0.25, 0.3) is 6.08 Å². The molecule has 0 fully saturated rings. The first-order valence-electron chi connectivity index (χ1n) is 15.5. The summed E-state index contributed by atoms with van der Waals surface area (Å²) in [5, 5.41) is 0. The Labute approximate surface area is 256 Å². The number of fused-ring (bicyclic) bond motifs is 3. The Balaban J connectivity index is 1.20. The number of hydrogen-bond acceptors (Lipinski definition) is 4. The van der Waals surface area contributed by atoms with E-state index in [1.807, 2.05) is 24.3 Å². The van der Waals surface area contributed by atoms with Crippen molar-refractivity contribution < 1.29 is 23.1 Å². The average molecular weight is 597 g/mol. The molecule has 0 radical (unpaired) electrons. The number of hydrogen-bond donors (Lipinski definition) is 0. The molecule has 4 aliphatic rings. The maximum atomic E-state index is 12.0. The molecule has 2 aliphatic carbocycles. The van der Waals surface area contributed by atoms with Crippen LogP contribution >= 0.6 is 7.37 Å². The Kier molecular flexibility index (Phi) is 8.00. The van der Waals surface area contributed by atoms with Gasteiger partial charge in [-0.15, -0.1) is 0 Å². The first-order valence-corrected chi connectivity index (χ1v) is 18.0. The van der Waals surface area contributed by atoms with Gasteiger partial charge in [-0.1, -0.05) is 29.9 Å². The van der Waals surface area contributed by atoms with E-state index in [-0.39, 0.29) is 11.5 Å². The van der Waals surface area contributed by atoms with Crippen molar-refractivity contribution in [2.45, 2.75) is 64.9 Å². The maximum absolute atomic E-state index is 12.0. The molecule has 1 atom stereocenters. The zero-order chi connectivity index (χ0) is 30.4. The second-order valence-corrected chi connectivity index (χ2v) is 15.6. The number of benzene rings is 2. The van der Waals surface area contributed by atoms with Crippen LogP contribution in [0.4, 0.5) is 5.69 Å². The summed E-state index contributed by atoms with van der Waals surface area (Å²) in [7, 11) is -2.52. The highest BCUT2D eigenvalue weighted by atomic mass is 31.2. The zero-order valence-corrected chi connectivity index (χ0v) is 27.2. The van der Waals surface area contributed by atoms with Gasteiger partial charge < -0.3 is 14.0 Å². The van der Waals surface area contributed by atoms with Gasteiger partial charge in [-0.05, 0) is 100 Å². The predicted molar refractivity (Wildman–Crippen MR) is 176 cm³/mol. The fourth-order valence-corrected chi connectivity index (χ4v) is 7.38.